The van der Waals surface area contributed by atoms with Crippen molar-refractivity contribution < 1.29 is 4.79 Å². The van der Waals surface area contributed by atoms with E-state index in [2.05, 4.69) is 32.2 Å². The summed E-state index contributed by atoms with van der Waals surface area (Å²) in [7, 11) is 0. The minimum absolute atomic E-state index is 0.470. The number of aldehydes is 1. The maximum Gasteiger partial charge on any atom is 0.153 e. The second-order valence-corrected chi connectivity index (χ2v) is 5.86. The molecule has 118 valence electrons. The number of nitrogens with one attached hydrogen (secondary N) is 1. The van der Waals surface area contributed by atoms with Crippen molar-refractivity contribution in [2.24, 2.45) is 5.92 Å². The molecule has 0 spiro atoms. The van der Waals surface area contributed by atoms with E-state index in [0.29, 0.717) is 11.7 Å². The summed E-state index contributed by atoms with van der Waals surface area (Å²) in [5, 5.41) is 1.73. The Balaban J connectivity index is 1.59. The molecule has 0 saturated carbocycles. The summed E-state index contributed by atoms with van der Waals surface area (Å²) in [5.41, 5.74) is 3.91. The number of nitrogens with zero attached hydrogens (tertiary/aromatic N) is 6. The molecule has 0 aromatic carbocycles. The Morgan fingerprint density at radius 3 is 2.83 bits per heavy atom. The Labute approximate surface area is 133 Å². The van der Waals surface area contributed by atoms with E-state index < -0.39 is 6.04 Å². The molecular weight excluding hydrogens is 294 g/mol. The maximum absolute atomic E-state index is 11.6. The molecule has 2 aliphatic heterocycles. The normalized spacial score (nSPS) is 20.9. The van der Waals surface area contributed by atoms with Crippen LogP contribution in [0.5, 0.6) is 0 Å². The predicted octanol–water partition coefficient (Wildman–Crippen LogP) is 0.520. The number of hydrogen-bond acceptors (Lipinski definition) is 7. The zero-order valence-corrected chi connectivity index (χ0v) is 12.7. The average Bonchev–Trinajstić information content (AvgIpc) is 3.20. The molecule has 0 amide bonds. The average molecular weight is 311 g/mol. The Morgan fingerprint density at radius 2 is 2.13 bits per heavy atom. The van der Waals surface area contributed by atoms with Gasteiger partial charge in [0.05, 0.1) is 12.0 Å². The summed E-state index contributed by atoms with van der Waals surface area (Å²) >= 11 is 0. The summed E-state index contributed by atoms with van der Waals surface area (Å²) in [6, 6.07) is 1.43. The minimum atomic E-state index is -0.470. The molecule has 1 fully saturated rings. The second kappa shape index (κ2) is 5.38. The number of anilines is 2. The zero-order chi connectivity index (χ0) is 15.8. The lowest BCUT2D eigenvalue weighted by Gasteiger charge is -2.38. The first-order chi connectivity index (χ1) is 11.3. The van der Waals surface area contributed by atoms with E-state index in [9.17, 15) is 4.79 Å². The van der Waals surface area contributed by atoms with Gasteiger partial charge in [-0.2, -0.15) is 0 Å². The van der Waals surface area contributed by atoms with Gasteiger partial charge in [0, 0.05) is 37.7 Å². The van der Waals surface area contributed by atoms with Gasteiger partial charge in [-0.25, -0.2) is 15.0 Å². The number of rotatable bonds is 4. The molecule has 2 aliphatic rings. The third-order valence-electron chi connectivity index (χ3n) is 4.14. The quantitative estimate of drug-likeness (QED) is 0.825. The number of aromatic nitrogens is 4. The molecule has 1 N–H and O–H groups in total. The molecule has 8 heteroatoms. The van der Waals surface area contributed by atoms with Crippen molar-refractivity contribution >= 4 is 23.6 Å². The van der Waals surface area contributed by atoms with Crippen molar-refractivity contribution in [2.75, 3.05) is 23.0 Å². The SMILES string of the molecule is CC1CN(c2cc(N3NC=C(n4ccnc4)C3C=O)ncn2)C1. The molecule has 4 heterocycles. The first-order valence-electron chi connectivity index (χ1n) is 7.52. The second-order valence-electron chi connectivity index (χ2n) is 5.86. The van der Waals surface area contributed by atoms with Crippen LogP contribution in [0.25, 0.3) is 5.70 Å². The zero-order valence-electron chi connectivity index (χ0n) is 12.7. The van der Waals surface area contributed by atoms with E-state index in [1.54, 1.807) is 29.9 Å². The van der Waals surface area contributed by atoms with Gasteiger partial charge in [0.25, 0.3) is 0 Å². The number of carbonyl (C=O) groups excluding carboxylic acids is 1. The molecule has 1 saturated heterocycles. The summed E-state index contributed by atoms with van der Waals surface area (Å²) in [6.07, 6.45) is 9.36. The van der Waals surface area contributed by atoms with Crippen LogP contribution in [0.15, 0.2) is 37.3 Å². The number of imidazole rings is 1. The lowest BCUT2D eigenvalue weighted by Crippen LogP contribution is -2.46. The Bertz CT molecular complexity index is 736. The van der Waals surface area contributed by atoms with Crippen LogP contribution < -0.4 is 15.3 Å². The number of hydrogen-bond donors (Lipinski definition) is 1. The lowest BCUT2D eigenvalue weighted by molar-refractivity contribution is -0.108. The fourth-order valence-electron chi connectivity index (χ4n) is 2.94. The molecule has 0 radical (unpaired) electrons. The molecular formula is C15H17N7O. The summed E-state index contributed by atoms with van der Waals surface area (Å²) < 4.78 is 1.81. The van der Waals surface area contributed by atoms with Gasteiger partial charge in [-0.1, -0.05) is 6.92 Å². The van der Waals surface area contributed by atoms with Crippen LogP contribution in [-0.4, -0.2) is 44.9 Å². The fourth-order valence-corrected chi connectivity index (χ4v) is 2.94. The van der Waals surface area contributed by atoms with E-state index >= 15 is 0 Å². The van der Waals surface area contributed by atoms with E-state index in [-0.39, 0.29) is 0 Å². The van der Waals surface area contributed by atoms with Crippen LogP contribution >= 0.6 is 0 Å². The minimum Gasteiger partial charge on any atom is -0.356 e. The van der Waals surface area contributed by atoms with Crippen molar-refractivity contribution in [3.8, 4) is 0 Å². The van der Waals surface area contributed by atoms with Crippen LogP contribution in [0.3, 0.4) is 0 Å². The molecule has 2 aromatic rings. The molecule has 23 heavy (non-hydrogen) atoms. The Hall–Kier alpha value is -2.90. The third-order valence-corrected chi connectivity index (χ3v) is 4.14. The molecule has 4 rings (SSSR count). The van der Waals surface area contributed by atoms with Gasteiger partial charge in [-0.3, -0.25) is 5.01 Å². The number of carbonyl (C=O) groups is 1. The monoisotopic (exact) mass is 311 g/mol. The topological polar surface area (TPSA) is 79.2 Å². The van der Waals surface area contributed by atoms with Crippen LogP contribution in [0, 0.1) is 5.92 Å². The highest BCUT2D eigenvalue weighted by atomic mass is 16.1. The van der Waals surface area contributed by atoms with Crippen LogP contribution in [0.2, 0.25) is 0 Å². The van der Waals surface area contributed by atoms with Gasteiger partial charge >= 0.3 is 0 Å². The van der Waals surface area contributed by atoms with Crippen molar-refractivity contribution in [1.82, 2.24) is 24.9 Å². The van der Waals surface area contributed by atoms with Crippen molar-refractivity contribution in [1.29, 1.82) is 0 Å². The van der Waals surface area contributed by atoms with Crippen LogP contribution in [0.1, 0.15) is 6.92 Å². The van der Waals surface area contributed by atoms with Crippen LogP contribution in [-0.2, 0) is 4.79 Å². The van der Waals surface area contributed by atoms with Crippen molar-refractivity contribution in [2.45, 2.75) is 13.0 Å². The van der Waals surface area contributed by atoms with Gasteiger partial charge in [0.1, 0.15) is 18.2 Å². The molecule has 2 aromatic heterocycles. The van der Waals surface area contributed by atoms with Crippen molar-refractivity contribution in [3.63, 3.8) is 0 Å². The molecule has 0 bridgehead atoms. The van der Waals surface area contributed by atoms with E-state index in [4.69, 9.17) is 0 Å². The molecule has 1 unspecified atom stereocenters. The highest BCUT2D eigenvalue weighted by Gasteiger charge is 2.31. The third kappa shape index (κ3) is 2.32. The van der Waals surface area contributed by atoms with Gasteiger partial charge in [-0.05, 0) is 5.92 Å². The highest BCUT2D eigenvalue weighted by Crippen LogP contribution is 2.27. The van der Waals surface area contributed by atoms with Crippen molar-refractivity contribution in [3.05, 3.63) is 37.3 Å². The van der Waals surface area contributed by atoms with E-state index in [0.717, 1.165) is 30.9 Å². The summed E-state index contributed by atoms with van der Waals surface area (Å²) in [5.74, 6) is 2.24. The Morgan fingerprint density at radius 1 is 1.30 bits per heavy atom. The first-order valence-corrected chi connectivity index (χ1v) is 7.52. The molecule has 8 nitrogen and oxygen atoms in total. The molecule has 1 atom stereocenters. The Kier molecular flexibility index (Phi) is 3.22. The summed E-state index contributed by atoms with van der Waals surface area (Å²) in [6.45, 7) is 4.21. The van der Waals surface area contributed by atoms with Gasteiger partial charge < -0.3 is 19.7 Å². The first kappa shape index (κ1) is 13.7. The lowest BCUT2D eigenvalue weighted by atomic mass is 10.0. The van der Waals surface area contributed by atoms with Gasteiger partial charge in [0.2, 0.25) is 0 Å². The number of hydrazine groups is 1. The predicted molar refractivity (Wildman–Crippen MR) is 85.4 cm³/mol. The van der Waals surface area contributed by atoms with E-state index in [1.807, 2.05) is 10.6 Å². The standard InChI is InChI=1S/C15H17N7O/c1-11-6-21(7-11)14-4-15(18-9-17-14)22-13(8-23)12(5-19-22)20-3-2-16-10-20/h2-5,8-11,13,19H,6-7H2,1H3. The van der Waals surface area contributed by atoms with Crippen LogP contribution in [0.4, 0.5) is 11.6 Å². The smallest absolute Gasteiger partial charge is 0.153 e. The van der Waals surface area contributed by atoms with E-state index in [1.165, 1.54) is 6.33 Å². The largest absolute Gasteiger partial charge is 0.356 e. The van der Waals surface area contributed by atoms with Gasteiger partial charge in [-0.15, -0.1) is 0 Å². The highest BCUT2D eigenvalue weighted by molar-refractivity contribution is 5.83. The summed E-state index contributed by atoms with van der Waals surface area (Å²) in [4.78, 5) is 26.5. The molecule has 0 aliphatic carbocycles. The van der Waals surface area contributed by atoms with Gasteiger partial charge in [0.15, 0.2) is 12.1 Å². The maximum atomic E-state index is 11.6. The fraction of sp³-hybridized carbons (Fsp3) is 0.333.